The van der Waals surface area contributed by atoms with Gasteiger partial charge in [0.2, 0.25) is 0 Å². The maximum Gasteiger partial charge on any atom is 0.329 e. The van der Waals surface area contributed by atoms with E-state index in [0.29, 0.717) is 23.7 Å². The number of benzene rings is 1. The highest BCUT2D eigenvalue weighted by Crippen LogP contribution is 2.28. The second-order valence-corrected chi connectivity index (χ2v) is 4.74. The van der Waals surface area contributed by atoms with E-state index in [4.69, 9.17) is 9.47 Å². The lowest BCUT2D eigenvalue weighted by atomic mass is 9.98. The molecule has 2 N–H and O–H groups in total. The molecule has 0 aliphatic carbocycles. The Morgan fingerprint density at radius 2 is 1.95 bits per heavy atom. The Hall–Kier alpha value is -2.24. The fourth-order valence-electron chi connectivity index (χ4n) is 1.70. The number of rotatable bonds is 7. The highest BCUT2D eigenvalue weighted by Gasteiger charge is 2.33. The van der Waals surface area contributed by atoms with E-state index in [1.807, 2.05) is 6.92 Å². The van der Waals surface area contributed by atoms with Gasteiger partial charge in [-0.05, 0) is 38.5 Å². The number of carboxylic acids is 1. The second-order valence-electron chi connectivity index (χ2n) is 4.74. The quantitative estimate of drug-likeness (QED) is 0.804. The van der Waals surface area contributed by atoms with Gasteiger partial charge in [0.1, 0.15) is 5.54 Å². The van der Waals surface area contributed by atoms with Crippen LogP contribution in [0, 0.1) is 0 Å². The van der Waals surface area contributed by atoms with Crippen molar-refractivity contribution in [3.05, 3.63) is 23.8 Å². The molecule has 1 aromatic rings. The van der Waals surface area contributed by atoms with Gasteiger partial charge >= 0.3 is 5.97 Å². The molecule has 6 heteroatoms. The zero-order chi connectivity index (χ0) is 16.0. The number of aliphatic carboxylic acids is 1. The Balaban J connectivity index is 3.02. The van der Waals surface area contributed by atoms with E-state index in [-0.39, 0.29) is 6.42 Å². The first-order valence-corrected chi connectivity index (χ1v) is 6.74. The first-order valence-electron chi connectivity index (χ1n) is 6.74. The van der Waals surface area contributed by atoms with Crippen LogP contribution in [0.3, 0.4) is 0 Å². The smallest absolute Gasteiger partial charge is 0.329 e. The van der Waals surface area contributed by atoms with Gasteiger partial charge in [0.15, 0.2) is 11.5 Å². The summed E-state index contributed by atoms with van der Waals surface area (Å²) in [6.07, 6.45) is 0.280. The van der Waals surface area contributed by atoms with Crippen molar-refractivity contribution in [1.82, 2.24) is 5.32 Å². The summed E-state index contributed by atoms with van der Waals surface area (Å²) in [6, 6.07) is 4.72. The Labute approximate surface area is 124 Å². The number of carboxylic acid groups (broad SMARTS) is 1. The van der Waals surface area contributed by atoms with Crippen molar-refractivity contribution in [2.24, 2.45) is 0 Å². The van der Waals surface area contributed by atoms with Crippen molar-refractivity contribution in [2.45, 2.75) is 32.7 Å². The Morgan fingerprint density at radius 1 is 1.29 bits per heavy atom. The van der Waals surface area contributed by atoms with Crippen LogP contribution in [0.25, 0.3) is 0 Å². The molecule has 0 spiro atoms. The van der Waals surface area contributed by atoms with Crippen LogP contribution in [0.5, 0.6) is 11.5 Å². The van der Waals surface area contributed by atoms with Gasteiger partial charge in [-0.3, -0.25) is 4.79 Å². The highest BCUT2D eigenvalue weighted by atomic mass is 16.5. The van der Waals surface area contributed by atoms with Gasteiger partial charge in [-0.25, -0.2) is 4.79 Å². The topological polar surface area (TPSA) is 84.9 Å². The number of methoxy groups -OCH3 is 1. The summed E-state index contributed by atoms with van der Waals surface area (Å²) in [4.78, 5) is 23.4. The minimum Gasteiger partial charge on any atom is -0.493 e. The molecule has 0 saturated heterocycles. The molecular weight excluding hydrogens is 274 g/mol. The molecule has 0 aliphatic heterocycles. The molecule has 1 atom stereocenters. The van der Waals surface area contributed by atoms with E-state index in [1.165, 1.54) is 20.1 Å². The minimum absolute atomic E-state index is 0.280. The van der Waals surface area contributed by atoms with Crippen LogP contribution in [0.2, 0.25) is 0 Å². The third-order valence-corrected chi connectivity index (χ3v) is 3.29. The normalized spacial score (nSPS) is 13.1. The van der Waals surface area contributed by atoms with Gasteiger partial charge in [-0.2, -0.15) is 0 Å². The number of hydrogen-bond acceptors (Lipinski definition) is 4. The predicted molar refractivity (Wildman–Crippen MR) is 78.0 cm³/mol. The van der Waals surface area contributed by atoms with Gasteiger partial charge < -0.3 is 19.9 Å². The van der Waals surface area contributed by atoms with Gasteiger partial charge in [-0.1, -0.05) is 6.92 Å². The molecule has 0 bridgehead atoms. The van der Waals surface area contributed by atoms with Crippen molar-refractivity contribution < 1.29 is 24.2 Å². The molecule has 21 heavy (non-hydrogen) atoms. The summed E-state index contributed by atoms with van der Waals surface area (Å²) in [5.41, 5.74) is -0.983. The standard InChI is InChI=1S/C15H21NO5/c1-5-15(3,14(18)19)16-13(17)10-7-8-11(20-4)12(9-10)21-6-2/h7-9H,5-6H2,1-4H3,(H,16,17)(H,18,19). The molecule has 1 rings (SSSR count). The Kier molecular flexibility index (Phi) is 5.58. The highest BCUT2D eigenvalue weighted by molar-refractivity contribution is 5.98. The van der Waals surface area contributed by atoms with E-state index in [2.05, 4.69) is 5.32 Å². The van der Waals surface area contributed by atoms with Crippen molar-refractivity contribution in [3.8, 4) is 11.5 Å². The molecule has 116 valence electrons. The number of ether oxygens (including phenoxy) is 2. The lowest BCUT2D eigenvalue weighted by molar-refractivity contribution is -0.143. The van der Waals surface area contributed by atoms with Crippen LogP contribution in [0.15, 0.2) is 18.2 Å². The van der Waals surface area contributed by atoms with E-state index >= 15 is 0 Å². The summed E-state index contributed by atoms with van der Waals surface area (Å²) in [5, 5.41) is 11.7. The summed E-state index contributed by atoms with van der Waals surface area (Å²) >= 11 is 0. The summed E-state index contributed by atoms with van der Waals surface area (Å²) in [6.45, 7) is 5.43. The van der Waals surface area contributed by atoms with Crippen LogP contribution in [-0.2, 0) is 4.79 Å². The number of hydrogen-bond donors (Lipinski definition) is 2. The minimum atomic E-state index is -1.30. The molecule has 1 aromatic carbocycles. The summed E-state index contributed by atoms with van der Waals surface area (Å²) in [7, 11) is 1.51. The summed E-state index contributed by atoms with van der Waals surface area (Å²) < 4.78 is 10.5. The molecule has 0 saturated carbocycles. The van der Waals surface area contributed by atoms with Crippen LogP contribution in [0.4, 0.5) is 0 Å². The van der Waals surface area contributed by atoms with Crippen LogP contribution < -0.4 is 14.8 Å². The fourth-order valence-corrected chi connectivity index (χ4v) is 1.70. The van der Waals surface area contributed by atoms with E-state index in [9.17, 15) is 14.7 Å². The van der Waals surface area contributed by atoms with Gasteiger partial charge in [0.25, 0.3) is 5.91 Å². The van der Waals surface area contributed by atoms with E-state index < -0.39 is 17.4 Å². The van der Waals surface area contributed by atoms with Crippen molar-refractivity contribution in [2.75, 3.05) is 13.7 Å². The lowest BCUT2D eigenvalue weighted by Crippen LogP contribution is -2.51. The zero-order valence-electron chi connectivity index (χ0n) is 12.7. The molecule has 1 amide bonds. The number of carbonyl (C=O) groups is 2. The zero-order valence-corrected chi connectivity index (χ0v) is 12.7. The largest absolute Gasteiger partial charge is 0.493 e. The van der Waals surface area contributed by atoms with E-state index in [0.717, 1.165) is 0 Å². The van der Waals surface area contributed by atoms with Crippen molar-refractivity contribution >= 4 is 11.9 Å². The third kappa shape index (κ3) is 3.87. The van der Waals surface area contributed by atoms with Crippen molar-refractivity contribution in [1.29, 1.82) is 0 Å². The van der Waals surface area contributed by atoms with Gasteiger partial charge in [-0.15, -0.1) is 0 Å². The Morgan fingerprint density at radius 3 is 2.43 bits per heavy atom. The monoisotopic (exact) mass is 295 g/mol. The lowest BCUT2D eigenvalue weighted by Gasteiger charge is -2.24. The second kappa shape index (κ2) is 6.97. The number of amides is 1. The molecule has 0 fully saturated rings. The average molecular weight is 295 g/mol. The Bertz CT molecular complexity index is 529. The molecular formula is C15H21NO5. The van der Waals surface area contributed by atoms with Crippen LogP contribution >= 0.6 is 0 Å². The number of nitrogens with one attached hydrogen (secondary N) is 1. The SMILES string of the molecule is CCOc1cc(C(=O)NC(C)(CC)C(=O)O)ccc1OC. The van der Waals surface area contributed by atoms with Gasteiger partial charge in [0, 0.05) is 5.56 Å². The fraction of sp³-hybridized carbons (Fsp3) is 0.467. The molecule has 0 heterocycles. The molecule has 6 nitrogen and oxygen atoms in total. The maximum absolute atomic E-state index is 12.2. The molecule has 1 unspecified atom stereocenters. The number of carbonyl (C=O) groups excluding carboxylic acids is 1. The molecule has 0 aliphatic rings. The van der Waals surface area contributed by atoms with Crippen LogP contribution in [0.1, 0.15) is 37.6 Å². The molecule has 0 radical (unpaired) electrons. The van der Waals surface area contributed by atoms with E-state index in [1.54, 1.807) is 19.1 Å². The first-order chi connectivity index (χ1) is 9.87. The van der Waals surface area contributed by atoms with Gasteiger partial charge in [0.05, 0.1) is 13.7 Å². The maximum atomic E-state index is 12.2. The molecule has 0 aromatic heterocycles. The average Bonchev–Trinajstić information content (AvgIpc) is 2.47. The van der Waals surface area contributed by atoms with Crippen molar-refractivity contribution in [3.63, 3.8) is 0 Å². The third-order valence-electron chi connectivity index (χ3n) is 3.29. The predicted octanol–water partition coefficient (Wildman–Crippen LogP) is 2.08. The summed E-state index contributed by atoms with van der Waals surface area (Å²) in [5.74, 6) is -0.576. The first kappa shape index (κ1) is 16.8. The van der Waals surface area contributed by atoms with Crippen LogP contribution in [-0.4, -0.2) is 36.2 Å².